The van der Waals surface area contributed by atoms with Crippen LogP contribution in [0.25, 0.3) is 0 Å². The van der Waals surface area contributed by atoms with Crippen molar-refractivity contribution in [3.63, 3.8) is 0 Å². The van der Waals surface area contributed by atoms with Gasteiger partial charge in [0, 0.05) is 0 Å². The van der Waals surface area contributed by atoms with E-state index in [2.05, 4.69) is 12.4 Å². The lowest BCUT2D eigenvalue weighted by molar-refractivity contribution is -0.136. The fourth-order valence-corrected chi connectivity index (χ4v) is 2.82. The molecule has 0 unspecified atom stereocenters. The van der Waals surface area contributed by atoms with Crippen LogP contribution in [-0.2, 0) is 16.2 Å². The number of nitrogens with one attached hydrogen (secondary N) is 1. The summed E-state index contributed by atoms with van der Waals surface area (Å²) in [6, 6.07) is 9.66. The maximum atomic E-state index is 11.7. The number of amides is 1. The van der Waals surface area contributed by atoms with Crippen LogP contribution in [0.15, 0.2) is 30.3 Å². The molecule has 0 radical (unpaired) electrons. The zero-order valence-corrected chi connectivity index (χ0v) is 15.7. The van der Waals surface area contributed by atoms with Gasteiger partial charge in [-0.2, -0.15) is 0 Å². The summed E-state index contributed by atoms with van der Waals surface area (Å²) < 4.78 is 0. The number of rotatable bonds is 15. The normalized spacial score (nSPS) is 12.1. The van der Waals surface area contributed by atoms with E-state index in [9.17, 15) is 9.90 Å². The first-order chi connectivity index (χ1) is 12.2. The predicted molar refractivity (Wildman–Crippen MR) is 102 cm³/mol. The Morgan fingerprint density at radius 3 is 2.24 bits per heavy atom. The van der Waals surface area contributed by atoms with E-state index in [0.717, 1.165) is 18.4 Å². The van der Waals surface area contributed by atoms with Crippen LogP contribution in [0, 0.1) is 0 Å². The van der Waals surface area contributed by atoms with Crippen molar-refractivity contribution in [2.24, 2.45) is 0 Å². The van der Waals surface area contributed by atoms with Gasteiger partial charge in [-0.15, -0.1) is 0 Å². The molecule has 0 aliphatic heterocycles. The maximum absolute atomic E-state index is 11.7. The highest BCUT2D eigenvalue weighted by molar-refractivity contribution is 5.75. The monoisotopic (exact) mass is 349 g/mol. The quantitative estimate of drug-likeness (QED) is 0.349. The van der Waals surface area contributed by atoms with Crippen molar-refractivity contribution < 1.29 is 14.7 Å². The van der Waals surface area contributed by atoms with Gasteiger partial charge in [0.15, 0.2) is 0 Å². The Morgan fingerprint density at radius 2 is 1.60 bits per heavy atom. The minimum Gasteiger partial charge on any atom is -0.393 e. The molecule has 0 aliphatic carbocycles. The van der Waals surface area contributed by atoms with Gasteiger partial charge in [0.05, 0.1) is 19.1 Å². The molecule has 1 atom stereocenters. The Hall–Kier alpha value is -1.39. The molecule has 25 heavy (non-hydrogen) atoms. The molecule has 142 valence electrons. The zero-order chi connectivity index (χ0) is 18.2. The number of hydrogen-bond acceptors (Lipinski definition) is 3. The second-order valence-corrected chi connectivity index (χ2v) is 6.77. The molecular formula is C21H35NO3. The van der Waals surface area contributed by atoms with Crippen LogP contribution >= 0.6 is 0 Å². The van der Waals surface area contributed by atoms with Gasteiger partial charge in [-0.3, -0.25) is 9.63 Å². The van der Waals surface area contributed by atoms with Crippen LogP contribution in [0.4, 0.5) is 0 Å². The van der Waals surface area contributed by atoms with Gasteiger partial charge in [0.25, 0.3) is 0 Å². The molecule has 0 fully saturated rings. The van der Waals surface area contributed by atoms with Crippen molar-refractivity contribution in [2.75, 3.05) is 0 Å². The average Bonchev–Trinajstić information content (AvgIpc) is 2.61. The average molecular weight is 350 g/mol. The van der Waals surface area contributed by atoms with Crippen molar-refractivity contribution in [2.45, 2.75) is 90.3 Å². The third-order valence-corrected chi connectivity index (χ3v) is 4.33. The Labute approximate surface area is 152 Å². The largest absolute Gasteiger partial charge is 0.393 e. The van der Waals surface area contributed by atoms with Crippen LogP contribution in [0.5, 0.6) is 0 Å². The lowest BCUT2D eigenvalue weighted by Gasteiger charge is -2.11. The maximum Gasteiger partial charge on any atom is 0.246 e. The Morgan fingerprint density at radius 1 is 1.00 bits per heavy atom. The smallest absolute Gasteiger partial charge is 0.246 e. The Bertz CT molecular complexity index is 436. The highest BCUT2D eigenvalue weighted by Gasteiger charge is 2.10. The Balaban J connectivity index is 1.93. The summed E-state index contributed by atoms with van der Waals surface area (Å²) in [5.74, 6) is -0.264. The van der Waals surface area contributed by atoms with Gasteiger partial charge in [0.2, 0.25) is 5.91 Å². The van der Waals surface area contributed by atoms with Gasteiger partial charge in [-0.1, -0.05) is 95.0 Å². The first-order valence-corrected chi connectivity index (χ1v) is 9.85. The standard InChI is InChI=1S/C21H35NO3/c1-2-3-4-5-6-7-8-9-13-16-20(23)17-21(24)22-25-18-19-14-11-10-12-15-19/h10-12,14-15,20,23H,2-9,13,16-18H2,1H3,(H,22,24)/t20-/m0/s1. The third-order valence-electron chi connectivity index (χ3n) is 4.33. The third kappa shape index (κ3) is 12.6. The molecule has 4 nitrogen and oxygen atoms in total. The molecule has 1 amide bonds. The number of aliphatic hydroxyl groups is 1. The van der Waals surface area contributed by atoms with Crippen LogP contribution < -0.4 is 5.48 Å². The van der Waals surface area contributed by atoms with Crippen molar-refractivity contribution >= 4 is 5.91 Å². The van der Waals surface area contributed by atoms with Crippen molar-refractivity contribution in [1.29, 1.82) is 0 Å². The van der Waals surface area contributed by atoms with E-state index in [1.807, 2.05) is 30.3 Å². The van der Waals surface area contributed by atoms with E-state index in [0.29, 0.717) is 13.0 Å². The summed E-state index contributed by atoms with van der Waals surface area (Å²) >= 11 is 0. The molecule has 0 aromatic heterocycles. The molecule has 0 bridgehead atoms. The molecule has 4 heteroatoms. The van der Waals surface area contributed by atoms with Crippen LogP contribution in [-0.4, -0.2) is 17.1 Å². The molecule has 0 saturated carbocycles. The number of benzene rings is 1. The molecule has 0 spiro atoms. The highest BCUT2D eigenvalue weighted by Crippen LogP contribution is 2.12. The van der Waals surface area contributed by atoms with E-state index in [1.54, 1.807) is 0 Å². The molecular weight excluding hydrogens is 314 g/mol. The number of carbonyl (C=O) groups excluding carboxylic acids is 1. The number of hydrogen-bond donors (Lipinski definition) is 2. The minimum atomic E-state index is -0.579. The molecule has 2 N–H and O–H groups in total. The number of carbonyl (C=O) groups is 1. The molecule has 1 rings (SSSR count). The number of hydroxylamine groups is 1. The lowest BCUT2D eigenvalue weighted by Crippen LogP contribution is -2.27. The first kappa shape index (κ1) is 21.7. The zero-order valence-electron chi connectivity index (χ0n) is 15.7. The van der Waals surface area contributed by atoms with Crippen LogP contribution in [0.2, 0.25) is 0 Å². The predicted octanol–water partition coefficient (Wildman–Crippen LogP) is 4.91. The van der Waals surface area contributed by atoms with Gasteiger partial charge in [-0.25, -0.2) is 5.48 Å². The summed E-state index contributed by atoms with van der Waals surface area (Å²) in [5.41, 5.74) is 3.40. The highest BCUT2D eigenvalue weighted by atomic mass is 16.6. The van der Waals surface area contributed by atoms with Crippen LogP contribution in [0.1, 0.15) is 83.1 Å². The van der Waals surface area contributed by atoms with Gasteiger partial charge in [0.1, 0.15) is 0 Å². The van der Waals surface area contributed by atoms with Crippen molar-refractivity contribution in [3.05, 3.63) is 35.9 Å². The van der Waals surface area contributed by atoms with Gasteiger partial charge in [-0.05, 0) is 12.0 Å². The summed E-state index contributed by atoms with van der Waals surface area (Å²) in [6.45, 7) is 2.57. The first-order valence-electron chi connectivity index (χ1n) is 9.85. The topological polar surface area (TPSA) is 58.6 Å². The van der Waals surface area contributed by atoms with Gasteiger partial charge < -0.3 is 5.11 Å². The summed E-state index contributed by atoms with van der Waals surface area (Å²) in [4.78, 5) is 16.9. The number of aliphatic hydroxyl groups excluding tert-OH is 1. The molecule has 0 heterocycles. The second-order valence-electron chi connectivity index (χ2n) is 6.77. The fraction of sp³-hybridized carbons (Fsp3) is 0.667. The second kappa shape index (κ2) is 14.9. The minimum absolute atomic E-state index is 0.103. The van der Waals surface area contributed by atoms with Gasteiger partial charge >= 0.3 is 0 Å². The summed E-state index contributed by atoms with van der Waals surface area (Å²) in [5, 5.41) is 9.92. The van der Waals surface area contributed by atoms with E-state index in [1.165, 1.54) is 44.9 Å². The lowest BCUT2D eigenvalue weighted by atomic mass is 10.0. The SMILES string of the molecule is CCCCCCCCCCC[C@H](O)CC(=O)NOCc1ccccc1. The molecule has 1 aromatic rings. The van der Waals surface area contributed by atoms with Crippen molar-refractivity contribution in [3.8, 4) is 0 Å². The molecule has 0 saturated heterocycles. The van der Waals surface area contributed by atoms with E-state index in [4.69, 9.17) is 4.84 Å². The van der Waals surface area contributed by atoms with E-state index < -0.39 is 6.10 Å². The Kier molecular flexibility index (Phi) is 12.9. The molecule has 1 aromatic carbocycles. The number of unbranched alkanes of at least 4 members (excludes halogenated alkanes) is 8. The van der Waals surface area contributed by atoms with Crippen LogP contribution in [0.3, 0.4) is 0 Å². The van der Waals surface area contributed by atoms with E-state index in [-0.39, 0.29) is 12.3 Å². The van der Waals surface area contributed by atoms with E-state index >= 15 is 0 Å². The molecule has 0 aliphatic rings. The van der Waals surface area contributed by atoms with Crippen molar-refractivity contribution in [1.82, 2.24) is 5.48 Å². The summed E-state index contributed by atoms with van der Waals surface area (Å²) in [6.07, 6.45) is 11.5. The fourth-order valence-electron chi connectivity index (χ4n) is 2.82. The summed E-state index contributed by atoms with van der Waals surface area (Å²) in [7, 11) is 0.